The fourth-order valence-corrected chi connectivity index (χ4v) is 2.26. The number of anilines is 1. The minimum absolute atomic E-state index is 0.349. The van der Waals surface area contributed by atoms with E-state index in [1.54, 1.807) is 6.92 Å². The third kappa shape index (κ3) is 2.28. The van der Waals surface area contributed by atoms with E-state index in [-0.39, 0.29) is 5.97 Å². The minimum atomic E-state index is -0.358. The van der Waals surface area contributed by atoms with Crippen LogP contribution in [0.25, 0.3) is 10.8 Å². The molecule has 2 aromatic rings. The Morgan fingerprint density at radius 1 is 1.05 bits per heavy atom. The molecule has 0 bridgehead atoms. The van der Waals surface area contributed by atoms with Crippen molar-refractivity contribution in [1.29, 1.82) is 0 Å². The summed E-state index contributed by atoms with van der Waals surface area (Å²) in [7, 11) is 0. The Balaban J connectivity index is 2.74. The molecule has 0 heterocycles. The van der Waals surface area contributed by atoms with Crippen molar-refractivity contribution in [3.05, 3.63) is 40.5 Å². The van der Waals surface area contributed by atoms with Gasteiger partial charge in [-0.3, -0.25) is 0 Å². The molecule has 0 amide bonds. The molecular weight excluding hydrogens is 238 g/mol. The monoisotopic (exact) mass is 257 g/mol. The highest BCUT2D eigenvalue weighted by atomic mass is 16.5. The van der Waals surface area contributed by atoms with Crippen LogP contribution >= 0.6 is 0 Å². The normalized spacial score (nSPS) is 10.7. The zero-order valence-electron chi connectivity index (χ0n) is 11.8. The van der Waals surface area contributed by atoms with Crippen LogP contribution in [0.3, 0.4) is 0 Å². The molecule has 0 saturated heterocycles. The average Bonchev–Trinajstić information content (AvgIpc) is 2.36. The topological polar surface area (TPSA) is 52.3 Å². The molecule has 0 unspecified atom stereocenters. The summed E-state index contributed by atoms with van der Waals surface area (Å²) in [5, 5.41) is 2.01. The van der Waals surface area contributed by atoms with Gasteiger partial charge in [0.25, 0.3) is 0 Å². The number of hydrogen-bond acceptors (Lipinski definition) is 3. The summed E-state index contributed by atoms with van der Waals surface area (Å²) in [6, 6.07) is 5.96. The first kappa shape index (κ1) is 13.4. The van der Waals surface area contributed by atoms with Gasteiger partial charge in [-0.15, -0.1) is 0 Å². The summed E-state index contributed by atoms with van der Waals surface area (Å²) < 4.78 is 5.05. The largest absolute Gasteiger partial charge is 0.462 e. The van der Waals surface area contributed by atoms with Crippen LogP contribution in [0.15, 0.2) is 18.2 Å². The number of nitrogen functional groups attached to an aromatic ring is 1. The van der Waals surface area contributed by atoms with Crippen molar-refractivity contribution in [2.75, 3.05) is 12.3 Å². The third-order valence-electron chi connectivity index (χ3n) is 3.50. The van der Waals surface area contributed by atoms with Gasteiger partial charge in [0.05, 0.1) is 17.9 Å². The van der Waals surface area contributed by atoms with E-state index < -0.39 is 0 Å². The molecule has 100 valence electrons. The molecule has 19 heavy (non-hydrogen) atoms. The van der Waals surface area contributed by atoms with Gasteiger partial charge in [0.2, 0.25) is 0 Å². The Hall–Kier alpha value is -2.03. The first-order chi connectivity index (χ1) is 8.95. The summed E-state index contributed by atoms with van der Waals surface area (Å²) in [4.78, 5) is 11.9. The molecule has 0 atom stereocenters. The quantitative estimate of drug-likeness (QED) is 0.661. The fraction of sp³-hybridized carbons (Fsp3) is 0.312. The molecule has 3 heteroatoms. The van der Waals surface area contributed by atoms with Crippen molar-refractivity contribution in [3.8, 4) is 0 Å². The molecule has 0 aromatic heterocycles. The smallest absolute Gasteiger partial charge is 0.340 e. The van der Waals surface area contributed by atoms with E-state index in [0.29, 0.717) is 17.9 Å². The summed E-state index contributed by atoms with van der Waals surface area (Å²) in [6.45, 7) is 8.24. The van der Waals surface area contributed by atoms with Crippen LogP contribution < -0.4 is 5.73 Å². The number of carbonyl (C=O) groups excluding carboxylic acids is 1. The Kier molecular flexibility index (Phi) is 3.47. The maximum Gasteiger partial charge on any atom is 0.340 e. The Bertz CT molecular complexity index is 660. The SMILES string of the molecule is CCOC(=O)c1cc(C)c2cc(C)c(C)cc2c1N. The van der Waals surface area contributed by atoms with Crippen molar-refractivity contribution in [2.24, 2.45) is 0 Å². The van der Waals surface area contributed by atoms with E-state index in [1.807, 2.05) is 26.0 Å². The molecule has 0 spiro atoms. The molecule has 0 fully saturated rings. The summed E-state index contributed by atoms with van der Waals surface area (Å²) in [5.41, 5.74) is 10.5. The van der Waals surface area contributed by atoms with E-state index in [4.69, 9.17) is 10.5 Å². The number of ether oxygens (including phenoxy) is 1. The van der Waals surface area contributed by atoms with Crippen LogP contribution in [0, 0.1) is 20.8 Å². The van der Waals surface area contributed by atoms with Gasteiger partial charge in [0, 0.05) is 5.39 Å². The second-order valence-corrected chi connectivity index (χ2v) is 4.86. The highest BCUT2D eigenvalue weighted by Gasteiger charge is 2.15. The molecule has 0 saturated carbocycles. The van der Waals surface area contributed by atoms with Crippen molar-refractivity contribution in [2.45, 2.75) is 27.7 Å². The molecule has 0 aliphatic heterocycles. The van der Waals surface area contributed by atoms with Crippen molar-refractivity contribution in [1.82, 2.24) is 0 Å². The molecule has 2 aromatic carbocycles. The first-order valence-corrected chi connectivity index (χ1v) is 6.42. The molecule has 2 rings (SSSR count). The second kappa shape index (κ2) is 4.92. The summed E-state index contributed by atoms with van der Waals surface area (Å²) >= 11 is 0. The van der Waals surface area contributed by atoms with Crippen LogP contribution in [-0.2, 0) is 4.74 Å². The van der Waals surface area contributed by atoms with Crippen molar-refractivity contribution in [3.63, 3.8) is 0 Å². The lowest BCUT2D eigenvalue weighted by Crippen LogP contribution is -2.09. The van der Waals surface area contributed by atoms with Gasteiger partial charge in [-0.1, -0.05) is 6.07 Å². The van der Waals surface area contributed by atoms with Crippen LogP contribution in [0.1, 0.15) is 34.0 Å². The Morgan fingerprint density at radius 3 is 2.21 bits per heavy atom. The maximum absolute atomic E-state index is 11.9. The highest BCUT2D eigenvalue weighted by Crippen LogP contribution is 2.31. The van der Waals surface area contributed by atoms with E-state index in [0.717, 1.165) is 16.3 Å². The first-order valence-electron chi connectivity index (χ1n) is 6.42. The Morgan fingerprint density at radius 2 is 1.63 bits per heavy atom. The van der Waals surface area contributed by atoms with Gasteiger partial charge < -0.3 is 10.5 Å². The number of carbonyl (C=O) groups is 1. The van der Waals surface area contributed by atoms with Gasteiger partial charge in [0.1, 0.15) is 0 Å². The van der Waals surface area contributed by atoms with Gasteiger partial charge in [-0.05, 0) is 61.9 Å². The van der Waals surface area contributed by atoms with Gasteiger partial charge in [0.15, 0.2) is 0 Å². The second-order valence-electron chi connectivity index (χ2n) is 4.86. The lowest BCUT2D eigenvalue weighted by molar-refractivity contribution is 0.0527. The Labute approximate surface area is 113 Å². The van der Waals surface area contributed by atoms with Gasteiger partial charge in [-0.25, -0.2) is 4.79 Å². The molecular formula is C16H19NO2. The number of fused-ring (bicyclic) bond motifs is 1. The summed E-state index contributed by atoms with van der Waals surface area (Å²) in [5.74, 6) is -0.358. The predicted octanol–water partition coefficient (Wildman–Crippen LogP) is 3.52. The third-order valence-corrected chi connectivity index (χ3v) is 3.50. The number of nitrogens with two attached hydrogens (primary N) is 1. The average molecular weight is 257 g/mol. The predicted molar refractivity (Wildman–Crippen MR) is 78.5 cm³/mol. The zero-order valence-corrected chi connectivity index (χ0v) is 11.8. The molecule has 3 nitrogen and oxygen atoms in total. The molecule has 2 N–H and O–H groups in total. The minimum Gasteiger partial charge on any atom is -0.462 e. The van der Waals surface area contributed by atoms with Crippen molar-refractivity contribution < 1.29 is 9.53 Å². The standard InChI is InChI=1S/C16H19NO2/c1-5-19-16(18)14-8-11(4)12-6-9(2)10(3)7-13(12)15(14)17/h6-8H,5,17H2,1-4H3. The lowest BCUT2D eigenvalue weighted by Gasteiger charge is -2.13. The van der Waals surface area contributed by atoms with Crippen molar-refractivity contribution >= 4 is 22.4 Å². The lowest BCUT2D eigenvalue weighted by atomic mass is 9.95. The highest BCUT2D eigenvalue weighted by molar-refractivity contribution is 6.07. The van der Waals surface area contributed by atoms with Crippen LogP contribution in [-0.4, -0.2) is 12.6 Å². The number of aryl methyl sites for hydroxylation is 3. The van der Waals surface area contributed by atoms with E-state index in [1.165, 1.54) is 11.1 Å². The number of hydrogen-bond donors (Lipinski definition) is 1. The number of rotatable bonds is 2. The van der Waals surface area contributed by atoms with Gasteiger partial charge >= 0.3 is 5.97 Å². The number of esters is 1. The van der Waals surface area contributed by atoms with Crippen LogP contribution in [0.2, 0.25) is 0 Å². The molecule has 0 aliphatic rings. The fourth-order valence-electron chi connectivity index (χ4n) is 2.26. The van der Waals surface area contributed by atoms with E-state index in [2.05, 4.69) is 13.0 Å². The van der Waals surface area contributed by atoms with Crippen LogP contribution in [0.5, 0.6) is 0 Å². The van der Waals surface area contributed by atoms with E-state index >= 15 is 0 Å². The zero-order chi connectivity index (χ0) is 14.2. The molecule has 0 radical (unpaired) electrons. The molecule has 0 aliphatic carbocycles. The van der Waals surface area contributed by atoms with Gasteiger partial charge in [-0.2, -0.15) is 0 Å². The van der Waals surface area contributed by atoms with E-state index in [9.17, 15) is 4.79 Å². The summed E-state index contributed by atoms with van der Waals surface area (Å²) in [6.07, 6.45) is 0. The van der Waals surface area contributed by atoms with Crippen LogP contribution in [0.4, 0.5) is 5.69 Å². The maximum atomic E-state index is 11.9. The number of benzene rings is 2.